The Balaban J connectivity index is 1.69. The van der Waals surface area contributed by atoms with Crippen LogP contribution in [0.15, 0.2) is 24.3 Å². The zero-order valence-electron chi connectivity index (χ0n) is 13.9. The highest BCUT2D eigenvalue weighted by Gasteiger charge is 2.21. The predicted octanol–water partition coefficient (Wildman–Crippen LogP) is 1.02. The quantitative estimate of drug-likeness (QED) is 0.841. The molecule has 6 heteroatoms. The summed E-state index contributed by atoms with van der Waals surface area (Å²) in [5.74, 6) is 0.435. The number of sulfone groups is 1. The minimum atomic E-state index is -2.84. The van der Waals surface area contributed by atoms with Gasteiger partial charge in [0.05, 0.1) is 11.5 Å². The lowest BCUT2D eigenvalue weighted by Gasteiger charge is -2.26. The van der Waals surface area contributed by atoms with Crippen LogP contribution in [0.4, 0.5) is 0 Å². The molecule has 1 heterocycles. The lowest BCUT2D eigenvalue weighted by Crippen LogP contribution is -2.44. The van der Waals surface area contributed by atoms with Crippen molar-refractivity contribution in [3.8, 4) is 0 Å². The maximum absolute atomic E-state index is 12.1. The Kier molecular flexibility index (Phi) is 6.18. The van der Waals surface area contributed by atoms with Gasteiger partial charge in [-0.2, -0.15) is 0 Å². The van der Waals surface area contributed by atoms with Crippen LogP contribution in [0.25, 0.3) is 0 Å². The smallest absolute Gasteiger partial charge is 0.223 e. The van der Waals surface area contributed by atoms with E-state index in [-0.39, 0.29) is 23.3 Å². The third-order valence-corrected chi connectivity index (χ3v) is 5.88. The number of carbonyl (C=O) groups excluding carboxylic acids is 1. The summed E-state index contributed by atoms with van der Waals surface area (Å²) < 4.78 is 22.7. The molecule has 0 spiro atoms. The van der Waals surface area contributed by atoms with Gasteiger partial charge in [-0.15, -0.1) is 0 Å². The van der Waals surface area contributed by atoms with E-state index in [1.807, 2.05) is 13.8 Å². The highest BCUT2D eigenvalue weighted by atomic mass is 32.2. The predicted molar refractivity (Wildman–Crippen MR) is 92.2 cm³/mol. The molecule has 1 aromatic carbocycles. The molecule has 1 aliphatic rings. The first-order valence-electron chi connectivity index (χ1n) is 8.12. The highest BCUT2D eigenvalue weighted by Crippen LogP contribution is 2.10. The van der Waals surface area contributed by atoms with Crippen molar-refractivity contribution in [1.29, 1.82) is 0 Å². The van der Waals surface area contributed by atoms with E-state index in [2.05, 4.69) is 34.5 Å². The van der Waals surface area contributed by atoms with Gasteiger partial charge in [0.25, 0.3) is 0 Å². The van der Waals surface area contributed by atoms with Crippen LogP contribution in [0.2, 0.25) is 0 Å². The molecule has 0 saturated carbocycles. The van der Waals surface area contributed by atoms with E-state index in [9.17, 15) is 13.2 Å². The van der Waals surface area contributed by atoms with Gasteiger partial charge in [0.15, 0.2) is 9.84 Å². The van der Waals surface area contributed by atoms with Crippen molar-refractivity contribution >= 4 is 15.7 Å². The Morgan fingerprint density at radius 1 is 1.22 bits per heavy atom. The van der Waals surface area contributed by atoms with Gasteiger partial charge in [-0.05, 0) is 18.9 Å². The summed E-state index contributed by atoms with van der Waals surface area (Å²) in [7, 11) is -2.84. The largest absolute Gasteiger partial charge is 0.355 e. The van der Waals surface area contributed by atoms with Crippen molar-refractivity contribution in [2.24, 2.45) is 5.92 Å². The number of hydrogen-bond donors (Lipinski definition) is 1. The zero-order chi connectivity index (χ0) is 16.9. The van der Waals surface area contributed by atoms with Crippen LogP contribution >= 0.6 is 0 Å². The first-order chi connectivity index (χ1) is 10.9. The monoisotopic (exact) mass is 338 g/mol. The Hall–Kier alpha value is -1.40. The third kappa shape index (κ3) is 5.95. The molecular formula is C17H26N2O3S. The van der Waals surface area contributed by atoms with E-state index in [0.29, 0.717) is 26.2 Å². The molecule has 1 N–H and O–H groups in total. The van der Waals surface area contributed by atoms with Crippen LogP contribution in [0, 0.1) is 12.8 Å². The summed E-state index contributed by atoms with van der Waals surface area (Å²) >= 11 is 0. The second-order valence-electron chi connectivity index (χ2n) is 6.38. The first-order valence-corrected chi connectivity index (χ1v) is 9.94. The number of carbonyl (C=O) groups is 1. The van der Waals surface area contributed by atoms with Gasteiger partial charge >= 0.3 is 0 Å². The molecule has 23 heavy (non-hydrogen) atoms. The lowest BCUT2D eigenvalue weighted by atomic mass is 9.99. The molecule has 1 amide bonds. The Morgan fingerprint density at radius 3 is 2.43 bits per heavy atom. The van der Waals surface area contributed by atoms with Crippen LogP contribution < -0.4 is 5.32 Å². The molecule has 1 saturated heterocycles. The van der Waals surface area contributed by atoms with Crippen molar-refractivity contribution in [3.63, 3.8) is 0 Å². The molecule has 0 aliphatic carbocycles. The Bertz CT molecular complexity index is 612. The maximum Gasteiger partial charge on any atom is 0.223 e. The summed E-state index contributed by atoms with van der Waals surface area (Å²) in [6.07, 6.45) is 0.730. The molecule has 0 bridgehead atoms. The number of nitrogens with one attached hydrogen (secondary N) is 1. The lowest BCUT2D eigenvalue weighted by molar-refractivity contribution is -0.124. The Morgan fingerprint density at radius 2 is 1.83 bits per heavy atom. The Labute approximate surface area is 139 Å². The fraction of sp³-hybridized carbons (Fsp3) is 0.588. The second-order valence-corrected chi connectivity index (χ2v) is 8.68. The van der Waals surface area contributed by atoms with Crippen molar-refractivity contribution in [3.05, 3.63) is 35.4 Å². The molecule has 128 valence electrons. The average Bonchev–Trinajstić information content (AvgIpc) is 2.51. The van der Waals surface area contributed by atoms with Crippen LogP contribution in [0.3, 0.4) is 0 Å². The number of benzene rings is 1. The number of aryl methyl sites for hydroxylation is 1. The highest BCUT2D eigenvalue weighted by molar-refractivity contribution is 7.91. The average molecular weight is 338 g/mol. The summed E-state index contributed by atoms with van der Waals surface area (Å²) in [5, 5.41) is 2.95. The summed E-state index contributed by atoms with van der Waals surface area (Å²) in [5.41, 5.74) is 2.38. The van der Waals surface area contributed by atoms with Crippen molar-refractivity contribution in [2.75, 3.05) is 37.7 Å². The van der Waals surface area contributed by atoms with Gasteiger partial charge in [-0.3, -0.25) is 9.69 Å². The standard InChI is InChI=1S/C17H26N2O3S/c1-14-3-5-16(6-4-14)13-15(2)17(20)18-7-8-19-9-11-23(21,22)12-10-19/h3-6,15H,7-13H2,1-2H3,(H,18,20)/t15-/m1/s1. The third-order valence-electron chi connectivity index (χ3n) is 4.27. The number of hydrogen-bond acceptors (Lipinski definition) is 4. The zero-order valence-corrected chi connectivity index (χ0v) is 14.7. The number of rotatable bonds is 6. The second kappa shape index (κ2) is 7.93. The molecule has 1 atom stereocenters. The van der Waals surface area contributed by atoms with E-state index in [0.717, 1.165) is 6.42 Å². The normalized spacial score (nSPS) is 19.2. The van der Waals surface area contributed by atoms with Crippen molar-refractivity contribution < 1.29 is 13.2 Å². The van der Waals surface area contributed by atoms with Gasteiger partial charge < -0.3 is 5.32 Å². The van der Waals surface area contributed by atoms with Crippen LogP contribution in [-0.4, -0.2) is 56.9 Å². The molecule has 1 fully saturated rings. The molecular weight excluding hydrogens is 312 g/mol. The molecule has 0 unspecified atom stereocenters. The van der Waals surface area contributed by atoms with Gasteiger partial charge in [0.1, 0.15) is 0 Å². The summed E-state index contributed by atoms with van der Waals surface area (Å²) in [4.78, 5) is 14.2. The molecule has 0 aromatic heterocycles. The minimum absolute atomic E-state index is 0.0511. The van der Waals surface area contributed by atoms with E-state index in [1.54, 1.807) is 0 Å². The van der Waals surface area contributed by atoms with E-state index >= 15 is 0 Å². The SMILES string of the molecule is Cc1ccc(C[C@@H](C)C(=O)NCCN2CCS(=O)(=O)CC2)cc1. The van der Waals surface area contributed by atoms with E-state index in [1.165, 1.54) is 11.1 Å². The molecule has 2 rings (SSSR count). The van der Waals surface area contributed by atoms with Crippen LogP contribution in [-0.2, 0) is 21.1 Å². The summed E-state index contributed by atoms with van der Waals surface area (Å²) in [6, 6.07) is 8.25. The minimum Gasteiger partial charge on any atom is -0.355 e. The molecule has 1 aromatic rings. The number of nitrogens with zero attached hydrogens (tertiary/aromatic N) is 1. The topological polar surface area (TPSA) is 66.5 Å². The van der Waals surface area contributed by atoms with E-state index < -0.39 is 9.84 Å². The summed E-state index contributed by atoms with van der Waals surface area (Å²) in [6.45, 7) is 6.39. The van der Waals surface area contributed by atoms with Gasteiger partial charge in [0, 0.05) is 32.1 Å². The van der Waals surface area contributed by atoms with E-state index in [4.69, 9.17) is 0 Å². The maximum atomic E-state index is 12.1. The molecule has 1 aliphatic heterocycles. The number of amides is 1. The van der Waals surface area contributed by atoms with Crippen LogP contribution in [0.5, 0.6) is 0 Å². The van der Waals surface area contributed by atoms with Gasteiger partial charge in [-0.1, -0.05) is 36.8 Å². The van der Waals surface area contributed by atoms with Crippen molar-refractivity contribution in [1.82, 2.24) is 10.2 Å². The fourth-order valence-electron chi connectivity index (χ4n) is 2.66. The first kappa shape index (κ1) is 17.9. The fourth-order valence-corrected chi connectivity index (χ4v) is 3.93. The molecule has 0 radical (unpaired) electrons. The van der Waals surface area contributed by atoms with Crippen LogP contribution in [0.1, 0.15) is 18.1 Å². The van der Waals surface area contributed by atoms with Gasteiger partial charge in [0.2, 0.25) is 5.91 Å². The van der Waals surface area contributed by atoms with Gasteiger partial charge in [-0.25, -0.2) is 8.42 Å². The molecule has 5 nitrogen and oxygen atoms in total. The van der Waals surface area contributed by atoms with Crippen molar-refractivity contribution in [2.45, 2.75) is 20.3 Å².